The number of benzene rings is 3. The number of fused-ring (bicyclic) bond motifs is 1. The van der Waals surface area contributed by atoms with Gasteiger partial charge < -0.3 is 46.5 Å². The minimum atomic E-state index is -1.52. The predicted molar refractivity (Wildman–Crippen MR) is 200 cm³/mol. The number of H-pyrrole nitrogens is 1. The van der Waals surface area contributed by atoms with Gasteiger partial charge in [-0.2, -0.15) is 0 Å². The third kappa shape index (κ3) is 9.65. The summed E-state index contributed by atoms with van der Waals surface area (Å²) >= 11 is 7.04. The molecule has 16 heteroatoms. The molecule has 0 saturated carbocycles. The number of rotatable bonds is 12. The standard InChI is InChI=1S/C35H41Br2N7O7/c1-35(2,3)19-8-17(9-20(36)12-19)28(30(33(50)51)44-32(49)29-27(37)24-6-4-5-7-25(24)42-29)43-26(47)16-38-31(48)18-10-21(13-22(45)11-18)41-34-39-14-23(46)15-40-34/h4-13,23,28,30-32,38,42,44-46,48-49H,14-16H2,1-3H3,(H,43,47)(H,50,51)(H2,39,40,41)/t28?,30-,31?,32?/m0/s1. The lowest BCUT2D eigenvalue weighted by molar-refractivity contribution is -0.142. The first kappa shape index (κ1) is 38.2. The van der Waals surface area contributed by atoms with Crippen molar-refractivity contribution in [3.8, 4) is 5.75 Å². The summed E-state index contributed by atoms with van der Waals surface area (Å²) in [4.78, 5) is 33.7. The van der Waals surface area contributed by atoms with E-state index >= 15 is 0 Å². The molecule has 51 heavy (non-hydrogen) atoms. The van der Waals surface area contributed by atoms with Gasteiger partial charge in [0.15, 0.2) is 5.96 Å². The molecule has 14 nitrogen and oxygen atoms in total. The number of aromatic nitrogens is 1. The molecule has 0 fully saturated rings. The number of carbonyl (C=O) groups excluding carboxylic acids is 1. The van der Waals surface area contributed by atoms with Crippen molar-refractivity contribution in [2.75, 3.05) is 25.0 Å². The fraction of sp³-hybridized carbons (Fsp3) is 0.343. The number of nitrogens with zero attached hydrogens (tertiary/aromatic N) is 1. The Hall–Kier alpha value is -4.03. The zero-order valence-electron chi connectivity index (χ0n) is 28.0. The van der Waals surface area contributed by atoms with E-state index in [4.69, 9.17) is 0 Å². The maximum Gasteiger partial charge on any atom is 0.323 e. The van der Waals surface area contributed by atoms with E-state index in [0.717, 1.165) is 16.5 Å². The monoisotopic (exact) mass is 829 g/mol. The van der Waals surface area contributed by atoms with Crippen LogP contribution in [0.5, 0.6) is 5.75 Å². The summed E-state index contributed by atoms with van der Waals surface area (Å²) in [6.07, 6.45) is -3.49. The zero-order valence-corrected chi connectivity index (χ0v) is 31.2. The van der Waals surface area contributed by atoms with Crippen LogP contribution in [0.2, 0.25) is 0 Å². The molecule has 11 N–H and O–H groups in total. The molecule has 0 saturated heterocycles. The van der Waals surface area contributed by atoms with Crippen molar-refractivity contribution < 1.29 is 35.1 Å². The number of anilines is 1. The van der Waals surface area contributed by atoms with E-state index in [-0.39, 0.29) is 23.3 Å². The average molecular weight is 832 g/mol. The van der Waals surface area contributed by atoms with E-state index in [2.05, 4.69) is 68.4 Å². The number of hydrogen-bond acceptors (Lipinski definition) is 11. The molecule has 0 bridgehead atoms. The minimum Gasteiger partial charge on any atom is -0.508 e. The molecule has 1 amide bonds. The number of para-hydroxylation sites is 1. The van der Waals surface area contributed by atoms with Crippen molar-refractivity contribution >= 4 is 66.3 Å². The van der Waals surface area contributed by atoms with Gasteiger partial charge in [0.05, 0.1) is 35.4 Å². The maximum absolute atomic E-state index is 13.5. The van der Waals surface area contributed by atoms with Crippen LogP contribution < -0.4 is 26.6 Å². The van der Waals surface area contributed by atoms with Gasteiger partial charge in [-0.25, -0.2) is 0 Å². The molecule has 0 spiro atoms. The minimum absolute atomic E-state index is 0.156. The largest absolute Gasteiger partial charge is 0.508 e. The number of aliphatic hydroxyl groups excluding tert-OH is 3. The first-order valence-electron chi connectivity index (χ1n) is 16.1. The molecule has 4 aromatic rings. The third-order valence-corrected chi connectivity index (χ3v) is 9.59. The predicted octanol–water partition coefficient (Wildman–Crippen LogP) is 3.60. The maximum atomic E-state index is 13.5. The van der Waals surface area contributed by atoms with Gasteiger partial charge in [0.25, 0.3) is 0 Å². The highest BCUT2D eigenvalue weighted by Gasteiger charge is 2.35. The number of carboxylic acids is 1. The van der Waals surface area contributed by atoms with Crippen LogP contribution >= 0.6 is 31.9 Å². The van der Waals surface area contributed by atoms with Gasteiger partial charge in [0.2, 0.25) is 5.91 Å². The first-order chi connectivity index (χ1) is 24.1. The topological polar surface area (TPSA) is 224 Å². The Labute approximate surface area is 311 Å². The number of nitrogens with one attached hydrogen (secondary N) is 6. The fourth-order valence-electron chi connectivity index (χ4n) is 5.61. The van der Waals surface area contributed by atoms with Crippen LogP contribution in [0, 0.1) is 0 Å². The highest BCUT2D eigenvalue weighted by Crippen LogP contribution is 2.33. The highest BCUT2D eigenvalue weighted by atomic mass is 79.9. The molecule has 5 rings (SSSR count). The number of carboxylic acid groups (broad SMARTS) is 1. The quantitative estimate of drug-likeness (QED) is 0.0926. The van der Waals surface area contributed by atoms with E-state index in [1.807, 2.05) is 57.2 Å². The van der Waals surface area contributed by atoms with Gasteiger partial charge in [-0.3, -0.25) is 25.2 Å². The van der Waals surface area contributed by atoms with Crippen LogP contribution in [-0.2, 0) is 15.0 Å². The van der Waals surface area contributed by atoms with Gasteiger partial charge in [0.1, 0.15) is 24.2 Å². The normalized spacial score (nSPS) is 17.2. The van der Waals surface area contributed by atoms with Crippen molar-refractivity contribution in [2.45, 2.75) is 56.8 Å². The molecule has 1 aromatic heterocycles. The van der Waals surface area contributed by atoms with Gasteiger partial charge in [-0.05, 0) is 62.8 Å². The number of phenols is 1. The van der Waals surface area contributed by atoms with Crippen LogP contribution in [0.25, 0.3) is 10.9 Å². The van der Waals surface area contributed by atoms with Crippen LogP contribution in [0.1, 0.15) is 61.7 Å². The number of β-amino-alcohol motifs (C(OH)–C–C–N with tert-alkyl or cyclic N) is 1. The summed E-state index contributed by atoms with van der Waals surface area (Å²) in [5.74, 6) is -1.75. The third-order valence-electron chi connectivity index (χ3n) is 8.28. The number of aliphatic imine (C=N–C) groups is 1. The second-order valence-corrected chi connectivity index (χ2v) is 15.0. The lowest BCUT2D eigenvalue weighted by Crippen LogP contribution is -2.51. The fourth-order valence-corrected chi connectivity index (χ4v) is 6.79. The molecular weight excluding hydrogens is 790 g/mol. The summed E-state index contributed by atoms with van der Waals surface area (Å²) in [6, 6.07) is 14.4. The molecule has 0 radical (unpaired) electrons. The van der Waals surface area contributed by atoms with Crippen LogP contribution in [-0.4, -0.2) is 80.1 Å². The van der Waals surface area contributed by atoms with Gasteiger partial charge in [0, 0.05) is 39.2 Å². The summed E-state index contributed by atoms with van der Waals surface area (Å²) < 4.78 is 1.23. The molecule has 4 unspecified atom stereocenters. The summed E-state index contributed by atoms with van der Waals surface area (Å²) in [5, 5.41) is 67.7. The van der Waals surface area contributed by atoms with Gasteiger partial charge in [-0.15, -0.1) is 0 Å². The van der Waals surface area contributed by atoms with Crippen molar-refractivity contribution in [2.24, 2.45) is 4.99 Å². The smallest absolute Gasteiger partial charge is 0.323 e. The Morgan fingerprint density at radius 1 is 1.02 bits per heavy atom. The van der Waals surface area contributed by atoms with E-state index in [1.54, 1.807) is 12.1 Å². The number of amides is 1. The number of halogens is 2. The lowest BCUT2D eigenvalue weighted by Gasteiger charge is -2.30. The molecule has 3 aromatic carbocycles. The number of phenolic OH excluding ortho intramolecular Hbond substituents is 1. The number of guanidine groups is 1. The van der Waals surface area contributed by atoms with E-state index in [9.17, 15) is 35.1 Å². The Morgan fingerprint density at radius 3 is 2.43 bits per heavy atom. The molecule has 272 valence electrons. The van der Waals surface area contributed by atoms with E-state index < -0.39 is 49.1 Å². The number of aromatic amines is 1. The highest BCUT2D eigenvalue weighted by molar-refractivity contribution is 9.11. The average Bonchev–Trinajstić information content (AvgIpc) is 3.41. The summed E-state index contributed by atoms with van der Waals surface area (Å²) in [5.41, 5.74) is 2.69. The lowest BCUT2D eigenvalue weighted by atomic mass is 9.84. The molecule has 1 aliphatic rings. The van der Waals surface area contributed by atoms with Crippen molar-refractivity contribution in [3.63, 3.8) is 0 Å². The van der Waals surface area contributed by atoms with Crippen molar-refractivity contribution in [1.29, 1.82) is 0 Å². The number of aromatic hydroxyl groups is 1. The second-order valence-electron chi connectivity index (χ2n) is 13.3. The van der Waals surface area contributed by atoms with Crippen LogP contribution in [0.3, 0.4) is 0 Å². The van der Waals surface area contributed by atoms with Gasteiger partial charge in [-0.1, -0.05) is 61.0 Å². The SMILES string of the molecule is CC(C)(C)c1cc(Br)cc(C(NC(=O)CNC(O)c2cc(O)cc(NC3=NCC(O)CN3)c2)[C@H](NC(O)c2[nH]c3ccccc3c2Br)C(=O)O)c1. The van der Waals surface area contributed by atoms with E-state index in [1.165, 1.54) is 12.1 Å². The van der Waals surface area contributed by atoms with Crippen LogP contribution in [0.15, 0.2) is 74.6 Å². The number of hydrogen-bond donors (Lipinski definition) is 11. The number of aliphatic carboxylic acids is 1. The van der Waals surface area contributed by atoms with E-state index in [0.29, 0.717) is 38.4 Å². The van der Waals surface area contributed by atoms with Crippen LogP contribution in [0.4, 0.5) is 5.69 Å². The Balaban J connectivity index is 1.37. The van der Waals surface area contributed by atoms with Crippen molar-refractivity contribution in [3.05, 3.63) is 92.0 Å². The molecule has 1 aliphatic heterocycles. The number of aliphatic hydroxyl groups is 3. The zero-order chi connectivity index (χ0) is 37.0. The molecular formula is C35H41Br2N7O7. The van der Waals surface area contributed by atoms with Gasteiger partial charge >= 0.3 is 5.97 Å². The molecule has 2 heterocycles. The Kier molecular flexibility index (Phi) is 12.1. The Morgan fingerprint density at radius 2 is 1.76 bits per heavy atom. The summed E-state index contributed by atoms with van der Waals surface area (Å²) in [6.45, 7) is 6.09. The summed E-state index contributed by atoms with van der Waals surface area (Å²) in [7, 11) is 0. The van der Waals surface area contributed by atoms with Crippen molar-refractivity contribution in [1.82, 2.24) is 26.3 Å². The first-order valence-corrected chi connectivity index (χ1v) is 17.7. The molecule has 0 aliphatic carbocycles. The molecule has 5 atom stereocenters. The number of carbonyl (C=O) groups is 2. The Bertz CT molecular complexity index is 1930. The second kappa shape index (κ2) is 16.1.